The van der Waals surface area contributed by atoms with Crippen molar-refractivity contribution < 1.29 is 22.7 Å². The molecule has 0 fully saturated rings. The Labute approximate surface area is 258 Å². The molecule has 5 aromatic rings. The predicted molar refractivity (Wildman–Crippen MR) is 164 cm³/mol. The summed E-state index contributed by atoms with van der Waals surface area (Å²) in [6, 6.07) is 28.2. The maximum absolute atomic E-state index is 14.1. The maximum Gasteiger partial charge on any atom is 0.416 e. The molecule has 0 atom stereocenters. The van der Waals surface area contributed by atoms with Crippen molar-refractivity contribution in [2.75, 3.05) is 7.11 Å². The molecule has 1 aliphatic rings. The summed E-state index contributed by atoms with van der Waals surface area (Å²) in [4.78, 5) is 20.4. The fourth-order valence-electron chi connectivity index (χ4n) is 5.82. The number of ether oxygens (including phenoxy) is 1. The van der Waals surface area contributed by atoms with Gasteiger partial charge in [0.2, 0.25) is 0 Å². The summed E-state index contributed by atoms with van der Waals surface area (Å²) in [6.45, 7) is 0.232. The Morgan fingerprint density at radius 3 is 2.23 bits per heavy atom. The van der Waals surface area contributed by atoms with E-state index in [4.69, 9.17) is 21.3 Å². The average molecular weight is 616 g/mol. The summed E-state index contributed by atoms with van der Waals surface area (Å²) in [5.41, 5.74) is 3.86. The summed E-state index contributed by atoms with van der Waals surface area (Å²) >= 11 is 6.35. The summed E-state index contributed by atoms with van der Waals surface area (Å²) in [6.07, 6.45) is -1.27. The quantitative estimate of drug-likeness (QED) is 0.176. The molecule has 6 rings (SSSR count). The van der Waals surface area contributed by atoms with Crippen LogP contribution in [0.15, 0.2) is 103 Å². The predicted octanol–water partition coefficient (Wildman–Crippen LogP) is 8.41. The number of imidazole rings is 1. The van der Waals surface area contributed by atoms with Gasteiger partial charge in [-0.05, 0) is 59.9 Å². The number of fused-ring (bicyclic) bond motifs is 1. The number of hydrogen-bond acceptors (Lipinski definition) is 3. The Morgan fingerprint density at radius 2 is 1.59 bits per heavy atom. The van der Waals surface area contributed by atoms with Gasteiger partial charge in [-0.1, -0.05) is 78.3 Å². The number of aromatic nitrogens is 2. The number of alkyl halides is 3. The first kappa shape index (κ1) is 29.5. The van der Waals surface area contributed by atoms with E-state index in [1.807, 2.05) is 54.6 Å². The maximum atomic E-state index is 14.1. The lowest BCUT2D eigenvalue weighted by Gasteiger charge is -2.26. The first-order valence-electron chi connectivity index (χ1n) is 14.2. The van der Waals surface area contributed by atoms with Crippen LogP contribution < -0.4 is 4.74 Å². The van der Waals surface area contributed by atoms with Crippen molar-refractivity contribution in [3.8, 4) is 17.1 Å². The van der Waals surface area contributed by atoms with E-state index in [0.29, 0.717) is 5.75 Å². The fourth-order valence-corrected chi connectivity index (χ4v) is 6.02. The van der Waals surface area contributed by atoms with Crippen molar-refractivity contribution in [1.82, 2.24) is 14.5 Å². The van der Waals surface area contributed by atoms with Crippen LogP contribution in [-0.2, 0) is 32.1 Å². The summed E-state index contributed by atoms with van der Waals surface area (Å²) in [7, 11) is 1.56. The first-order chi connectivity index (χ1) is 21.2. The average Bonchev–Trinajstić information content (AvgIpc) is 3.65. The van der Waals surface area contributed by atoms with Crippen molar-refractivity contribution in [1.29, 1.82) is 0 Å². The molecule has 9 heteroatoms. The molecule has 5 nitrogen and oxygen atoms in total. The number of benzene rings is 4. The first-order valence-corrected chi connectivity index (χ1v) is 14.6. The molecule has 1 heterocycles. The van der Waals surface area contributed by atoms with Crippen LogP contribution in [0, 0.1) is 0 Å². The normalized spacial score (nSPS) is 13.1. The van der Waals surface area contributed by atoms with Crippen LogP contribution in [0.25, 0.3) is 11.4 Å². The number of nitrogens with zero attached hydrogens (tertiary/aromatic N) is 3. The summed E-state index contributed by atoms with van der Waals surface area (Å²) in [5, 5.41) is -0.0487. The smallest absolute Gasteiger partial charge is 0.416 e. The van der Waals surface area contributed by atoms with Gasteiger partial charge < -0.3 is 14.2 Å². The van der Waals surface area contributed by atoms with Crippen LogP contribution in [-0.4, -0.2) is 27.5 Å². The van der Waals surface area contributed by atoms with E-state index >= 15 is 0 Å². The van der Waals surface area contributed by atoms with Crippen LogP contribution in [0.3, 0.4) is 0 Å². The highest BCUT2D eigenvalue weighted by Crippen LogP contribution is 2.36. The Hall–Kier alpha value is -4.56. The molecule has 44 heavy (non-hydrogen) atoms. The number of hydrogen-bond donors (Lipinski definition) is 0. The molecule has 0 aliphatic heterocycles. The van der Waals surface area contributed by atoms with Gasteiger partial charge in [0.05, 0.1) is 41.7 Å². The summed E-state index contributed by atoms with van der Waals surface area (Å²) < 4.78 is 48.4. The minimum absolute atomic E-state index is 0.0487. The minimum Gasteiger partial charge on any atom is -0.497 e. The van der Waals surface area contributed by atoms with Gasteiger partial charge in [0.15, 0.2) is 0 Å². The highest BCUT2D eigenvalue weighted by atomic mass is 35.5. The topological polar surface area (TPSA) is 47.4 Å². The molecule has 1 aromatic heterocycles. The molecule has 4 aromatic carbocycles. The van der Waals surface area contributed by atoms with Gasteiger partial charge in [0.1, 0.15) is 11.6 Å². The Kier molecular flexibility index (Phi) is 8.19. The van der Waals surface area contributed by atoms with Crippen LogP contribution in [0.5, 0.6) is 5.75 Å². The third-order valence-electron chi connectivity index (χ3n) is 8.00. The van der Waals surface area contributed by atoms with Crippen LogP contribution in [0.4, 0.5) is 13.2 Å². The van der Waals surface area contributed by atoms with Crippen molar-refractivity contribution in [2.24, 2.45) is 0 Å². The van der Waals surface area contributed by atoms with E-state index in [9.17, 15) is 18.0 Å². The monoisotopic (exact) mass is 615 g/mol. The second-order valence-electron chi connectivity index (χ2n) is 10.8. The zero-order chi connectivity index (χ0) is 30.8. The van der Waals surface area contributed by atoms with Gasteiger partial charge in [-0.3, -0.25) is 4.79 Å². The molecular formula is C35H29ClF3N3O2. The van der Waals surface area contributed by atoms with E-state index in [2.05, 4.69) is 16.7 Å². The second kappa shape index (κ2) is 12.2. The third kappa shape index (κ3) is 6.08. The zero-order valence-electron chi connectivity index (χ0n) is 23.9. The number of amides is 1. The van der Waals surface area contributed by atoms with E-state index < -0.39 is 17.6 Å². The van der Waals surface area contributed by atoms with Crippen molar-refractivity contribution in [2.45, 2.75) is 38.1 Å². The lowest BCUT2D eigenvalue weighted by Crippen LogP contribution is -2.32. The SMILES string of the molecule is COc1ccc(CN(Cc2cnc(-c3ccccc3)n2C2Cc3ccccc3C2)C(=O)c2cc(C(F)(F)F)ccc2Cl)cc1. The van der Waals surface area contributed by atoms with Gasteiger partial charge in [-0.25, -0.2) is 4.98 Å². The van der Waals surface area contributed by atoms with Crippen molar-refractivity contribution >= 4 is 17.5 Å². The molecule has 0 radical (unpaired) electrons. The minimum atomic E-state index is -4.62. The molecule has 0 bridgehead atoms. The Bertz CT molecular complexity index is 1760. The number of rotatable bonds is 8. The molecule has 224 valence electrons. The van der Waals surface area contributed by atoms with Crippen LogP contribution in [0.1, 0.15) is 44.3 Å². The third-order valence-corrected chi connectivity index (χ3v) is 8.33. The number of carbonyl (C=O) groups is 1. The number of halogens is 4. The van der Waals surface area contributed by atoms with Gasteiger partial charge in [0.25, 0.3) is 5.91 Å². The van der Waals surface area contributed by atoms with E-state index in [-0.39, 0.29) is 29.7 Å². The highest BCUT2D eigenvalue weighted by Gasteiger charge is 2.33. The number of carbonyl (C=O) groups excluding carboxylic acids is 1. The number of methoxy groups -OCH3 is 1. The lowest BCUT2D eigenvalue weighted by atomic mass is 10.1. The van der Waals surface area contributed by atoms with Gasteiger partial charge in [-0.2, -0.15) is 13.2 Å². The Morgan fingerprint density at radius 1 is 0.932 bits per heavy atom. The molecule has 1 aliphatic carbocycles. The van der Waals surface area contributed by atoms with E-state index in [1.54, 1.807) is 25.4 Å². The molecule has 0 saturated carbocycles. The molecule has 0 N–H and O–H groups in total. The molecule has 1 amide bonds. The van der Waals surface area contributed by atoms with E-state index in [0.717, 1.165) is 53.7 Å². The summed E-state index contributed by atoms with van der Waals surface area (Å²) in [5.74, 6) is 0.812. The zero-order valence-corrected chi connectivity index (χ0v) is 24.6. The lowest BCUT2D eigenvalue weighted by molar-refractivity contribution is -0.137. The van der Waals surface area contributed by atoms with Crippen molar-refractivity contribution in [3.05, 3.63) is 142 Å². The van der Waals surface area contributed by atoms with Gasteiger partial charge >= 0.3 is 6.18 Å². The van der Waals surface area contributed by atoms with Crippen LogP contribution in [0.2, 0.25) is 5.02 Å². The van der Waals surface area contributed by atoms with E-state index in [1.165, 1.54) is 16.0 Å². The largest absolute Gasteiger partial charge is 0.497 e. The van der Waals surface area contributed by atoms with Crippen LogP contribution >= 0.6 is 11.6 Å². The Balaban J connectivity index is 1.42. The molecule has 0 unspecified atom stereocenters. The standard InChI is InChI=1S/C35H29ClF3N3O2/c1-44-30-14-11-23(12-15-30)21-41(34(43)31-19-27(35(37,38)39)13-16-32(31)36)22-29-20-40-33(24-7-3-2-4-8-24)42(29)28-17-25-9-5-6-10-26(25)18-28/h2-16,19-20,28H,17-18,21-22H2,1H3. The molecule has 0 spiro atoms. The van der Waals surface area contributed by atoms with Gasteiger partial charge in [0, 0.05) is 18.2 Å². The van der Waals surface area contributed by atoms with Crippen molar-refractivity contribution in [3.63, 3.8) is 0 Å². The highest BCUT2D eigenvalue weighted by molar-refractivity contribution is 6.33. The molecular weight excluding hydrogens is 587 g/mol. The fraction of sp³-hybridized carbons (Fsp3) is 0.200. The molecule has 0 saturated heterocycles. The van der Waals surface area contributed by atoms with Gasteiger partial charge in [-0.15, -0.1) is 0 Å². The second-order valence-corrected chi connectivity index (χ2v) is 11.2.